The lowest BCUT2D eigenvalue weighted by Gasteiger charge is -2.37. The van der Waals surface area contributed by atoms with Crippen molar-refractivity contribution in [3.63, 3.8) is 0 Å². The van der Waals surface area contributed by atoms with E-state index in [1.165, 1.54) is 38.2 Å². The van der Waals surface area contributed by atoms with E-state index in [1.807, 2.05) is 13.1 Å². The molecular weight excluding hydrogens is 258 g/mol. The quantitative estimate of drug-likeness (QED) is 0.790. The first-order chi connectivity index (χ1) is 9.26. The number of hydrogen-bond acceptors (Lipinski definition) is 3. The molecule has 0 radical (unpaired) electrons. The van der Waals surface area contributed by atoms with E-state index >= 15 is 0 Å². The van der Waals surface area contributed by atoms with Crippen LogP contribution in [0.25, 0.3) is 0 Å². The molecule has 2 heterocycles. The second-order valence-corrected chi connectivity index (χ2v) is 6.09. The van der Waals surface area contributed by atoms with Crippen molar-refractivity contribution in [1.29, 1.82) is 0 Å². The molecule has 0 atom stereocenters. The fourth-order valence-corrected chi connectivity index (χ4v) is 3.01. The van der Waals surface area contributed by atoms with Crippen LogP contribution < -0.4 is 4.90 Å². The SMILES string of the molecule is Cc1cc(N2CCN(CC3CC3)CC2)c(CCl)cn1. The number of nitrogens with zero attached hydrogens (tertiary/aromatic N) is 3. The fourth-order valence-electron chi connectivity index (χ4n) is 2.81. The van der Waals surface area contributed by atoms with Gasteiger partial charge in [-0.2, -0.15) is 0 Å². The van der Waals surface area contributed by atoms with Crippen LogP contribution in [-0.2, 0) is 5.88 Å². The number of halogens is 1. The first-order valence-electron chi connectivity index (χ1n) is 7.25. The summed E-state index contributed by atoms with van der Waals surface area (Å²) in [5.74, 6) is 1.54. The molecule has 1 aliphatic heterocycles. The van der Waals surface area contributed by atoms with E-state index < -0.39 is 0 Å². The van der Waals surface area contributed by atoms with E-state index in [0.717, 1.165) is 30.3 Å². The normalized spacial score (nSPS) is 20.8. The smallest absolute Gasteiger partial charge is 0.0509 e. The first kappa shape index (κ1) is 13.2. The Balaban J connectivity index is 1.65. The number of piperazine rings is 1. The van der Waals surface area contributed by atoms with Crippen molar-refractivity contribution in [3.8, 4) is 0 Å². The van der Waals surface area contributed by atoms with Crippen LogP contribution in [0.3, 0.4) is 0 Å². The second-order valence-electron chi connectivity index (χ2n) is 5.82. The summed E-state index contributed by atoms with van der Waals surface area (Å²) in [6.07, 6.45) is 4.81. The molecule has 19 heavy (non-hydrogen) atoms. The maximum atomic E-state index is 6.03. The lowest BCUT2D eigenvalue weighted by Crippen LogP contribution is -2.47. The van der Waals surface area contributed by atoms with Crippen molar-refractivity contribution in [2.24, 2.45) is 5.92 Å². The summed E-state index contributed by atoms with van der Waals surface area (Å²) in [6.45, 7) is 7.94. The Labute approximate surface area is 120 Å². The lowest BCUT2D eigenvalue weighted by atomic mass is 10.1. The number of anilines is 1. The Kier molecular flexibility index (Phi) is 3.94. The van der Waals surface area contributed by atoms with Crippen molar-refractivity contribution in [2.45, 2.75) is 25.6 Å². The van der Waals surface area contributed by atoms with Crippen LogP contribution in [0.15, 0.2) is 12.3 Å². The van der Waals surface area contributed by atoms with Crippen molar-refractivity contribution in [3.05, 3.63) is 23.5 Å². The van der Waals surface area contributed by atoms with E-state index in [2.05, 4.69) is 20.9 Å². The first-order valence-corrected chi connectivity index (χ1v) is 7.78. The molecule has 1 aromatic heterocycles. The number of aromatic nitrogens is 1. The van der Waals surface area contributed by atoms with Gasteiger partial charge in [0.2, 0.25) is 0 Å². The van der Waals surface area contributed by atoms with Crippen molar-refractivity contribution in [2.75, 3.05) is 37.6 Å². The van der Waals surface area contributed by atoms with Crippen LogP contribution in [0.5, 0.6) is 0 Å². The number of aryl methyl sites for hydroxylation is 1. The topological polar surface area (TPSA) is 19.4 Å². The Morgan fingerprint density at radius 1 is 1.26 bits per heavy atom. The minimum absolute atomic E-state index is 0.547. The van der Waals surface area contributed by atoms with Gasteiger partial charge < -0.3 is 4.90 Å². The zero-order chi connectivity index (χ0) is 13.2. The van der Waals surface area contributed by atoms with Gasteiger partial charge in [0, 0.05) is 55.9 Å². The molecule has 3 rings (SSSR count). The van der Waals surface area contributed by atoms with E-state index in [0.29, 0.717) is 5.88 Å². The van der Waals surface area contributed by atoms with Crippen molar-refractivity contribution < 1.29 is 0 Å². The minimum atomic E-state index is 0.547. The van der Waals surface area contributed by atoms with Crippen LogP contribution in [0.4, 0.5) is 5.69 Å². The number of hydrogen-bond donors (Lipinski definition) is 0. The summed E-state index contributed by atoms with van der Waals surface area (Å²) in [4.78, 5) is 9.43. The molecule has 0 unspecified atom stereocenters. The molecule has 0 amide bonds. The molecular formula is C15H22ClN3. The second kappa shape index (κ2) is 5.68. The molecule has 104 valence electrons. The van der Waals surface area contributed by atoms with Gasteiger partial charge in [-0.25, -0.2) is 0 Å². The monoisotopic (exact) mass is 279 g/mol. The van der Waals surface area contributed by atoms with Gasteiger partial charge in [-0.1, -0.05) is 0 Å². The summed E-state index contributed by atoms with van der Waals surface area (Å²) in [5.41, 5.74) is 3.51. The van der Waals surface area contributed by atoms with Gasteiger partial charge in [-0.15, -0.1) is 11.6 Å². The molecule has 0 bridgehead atoms. The summed E-state index contributed by atoms with van der Waals surface area (Å²) >= 11 is 6.03. The summed E-state index contributed by atoms with van der Waals surface area (Å²) in [7, 11) is 0. The van der Waals surface area contributed by atoms with Gasteiger partial charge in [-0.3, -0.25) is 9.88 Å². The molecule has 1 saturated heterocycles. The van der Waals surface area contributed by atoms with Gasteiger partial charge in [0.15, 0.2) is 0 Å². The third kappa shape index (κ3) is 3.21. The predicted molar refractivity (Wildman–Crippen MR) is 79.9 cm³/mol. The highest BCUT2D eigenvalue weighted by Gasteiger charge is 2.26. The molecule has 0 aromatic carbocycles. The van der Waals surface area contributed by atoms with Gasteiger partial charge in [0.1, 0.15) is 0 Å². The van der Waals surface area contributed by atoms with Crippen molar-refractivity contribution >= 4 is 17.3 Å². The average molecular weight is 280 g/mol. The third-order valence-electron chi connectivity index (χ3n) is 4.17. The van der Waals surface area contributed by atoms with Crippen LogP contribution in [0, 0.1) is 12.8 Å². The van der Waals surface area contributed by atoms with Crippen LogP contribution in [-0.4, -0.2) is 42.6 Å². The summed E-state index contributed by atoms with van der Waals surface area (Å²) < 4.78 is 0. The number of rotatable bonds is 4. The van der Waals surface area contributed by atoms with E-state index in [-0.39, 0.29) is 0 Å². The highest BCUT2D eigenvalue weighted by atomic mass is 35.5. The maximum absolute atomic E-state index is 6.03. The molecule has 2 aliphatic rings. The molecule has 4 heteroatoms. The van der Waals surface area contributed by atoms with E-state index in [4.69, 9.17) is 11.6 Å². The standard InChI is InChI=1S/C15H22ClN3/c1-12-8-15(14(9-16)10-17-12)19-6-4-18(5-7-19)11-13-2-3-13/h8,10,13H,2-7,9,11H2,1H3. The van der Waals surface area contributed by atoms with Gasteiger partial charge in [0.05, 0.1) is 5.88 Å². The average Bonchev–Trinajstić information content (AvgIpc) is 3.23. The third-order valence-corrected chi connectivity index (χ3v) is 4.46. The zero-order valence-corrected chi connectivity index (χ0v) is 12.4. The van der Waals surface area contributed by atoms with E-state index in [1.54, 1.807) is 0 Å². The lowest BCUT2D eigenvalue weighted by molar-refractivity contribution is 0.248. The van der Waals surface area contributed by atoms with E-state index in [9.17, 15) is 0 Å². The summed E-state index contributed by atoms with van der Waals surface area (Å²) in [5, 5.41) is 0. The fraction of sp³-hybridized carbons (Fsp3) is 0.667. The largest absolute Gasteiger partial charge is 0.369 e. The Morgan fingerprint density at radius 2 is 2.00 bits per heavy atom. The van der Waals surface area contributed by atoms with Crippen LogP contribution >= 0.6 is 11.6 Å². The van der Waals surface area contributed by atoms with Gasteiger partial charge >= 0.3 is 0 Å². The summed E-state index contributed by atoms with van der Waals surface area (Å²) in [6, 6.07) is 2.17. The highest BCUT2D eigenvalue weighted by Crippen LogP contribution is 2.30. The molecule has 0 N–H and O–H groups in total. The van der Waals surface area contributed by atoms with Gasteiger partial charge in [-0.05, 0) is 31.7 Å². The Hall–Kier alpha value is -0.800. The van der Waals surface area contributed by atoms with Crippen LogP contribution in [0.2, 0.25) is 0 Å². The predicted octanol–water partition coefficient (Wildman–Crippen LogP) is 2.66. The minimum Gasteiger partial charge on any atom is -0.369 e. The Morgan fingerprint density at radius 3 is 2.63 bits per heavy atom. The molecule has 2 fully saturated rings. The molecule has 3 nitrogen and oxygen atoms in total. The molecule has 1 saturated carbocycles. The molecule has 1 aromatic rings. The highest BCUT2D eigenvalue weighted by molar-refractivity contribution is 6.17. The van der Waals surface area contributed by atoms with Crippen molar-refractivity contribution in [1.82, 2.24) is 9.88 Å². The van der Waals surface area contributed by atoms with Gasteiger partial charge in [0.25, 0.3) is 0 Å². The zero-order valence-electron chi connectivity index (χ0n) is 11.6. The molecule has 0 spiro atoms. The molecule has 1 aliphatic carbocycles. The van der Waals surface area contributed by atoms with Crippen LogP contribution in [0.1, 0.15) is 24.1 Å². The Bertz CT molecular complexity index is 437. The number of alkyl halides is 1. The number of pyridine rings is 1. The maximum Gasteiger partial charge on any atom is 0.0509 e.